The van der Waals surface area contributed by atoms with Crippen LogP contribution >= 0.6 is 0 Å². The van der Waals surface area contributed by atoms with Crippen LogP contribution in [0.2, 0.25) is 0 Å². The molecule has 0 aromatic heterocycles. The van der Waals surface area contributed by atoms with E-state index in [1.807, 2.05) is 54.6 Å². The number of urea groups is 1. The molecule has 2 aromatic carbocycles. The number of rotatable bonds is 20. The number of para-hydroxylation sites is 1. The molecule has 4 nitrogen and oxygen atoms in total. The summed E-state index contributed by atoms with van der Waals surface area (Å²) in [5.41, 5.74) is 1.51. The zero-order valence-electron chi connectivity index (χ0n) is 22.0. The number of carbonyl (C=O) groups excluding carboxylic acids is 1. The molecule has 0 spiro atoms. The molecule has 0 unspecified atom stereocenters. The van der Waals surface area contributed by atoms with E-state index in [0.717, 1.165) is 30.2 Å². The van der Waals surface area contributed by atoms with Crippen molar-refractivity contribution in [3.8, 4) is 5.75 Å². The van der Waals surface area contributed by atoms with Gasteiger partial charge in [-0.3, -0.25) is 0 Å². The molecule has 0 saturated heterocycles. The van der Waals surface area contributed by atoms with Crippen molar-refractivity contribution >= 4 is 17.4 Å². The molecular weight excluding hydrogens is 432 g/mol. The highest BCUT2D eigenvalue weighted by molar-refractivity contribution is 5.99. The van der Waals surface area contributed by atoms with Crippen molar-refractivity contribution in [1.82, 2.24) is 0 Å². The van der Waals surface area contributed by atoms with E-state index in [1.165, 1.54) is 96.3 Å². The lowest BCUT2D eigenvalue weighted by atomic mass is 10.0. The van der Waals surface area contributed by atoms with Gasteiger partial charge in [0, 0.05) is 11.4 Å². The van der Waals surface area contributed by atoms with Crippen molar-refractivity contribution in [1.29, 1.82) is 0 Å². The summed E-state index contributed by atoms with van der Waals surface area (Å²) in [5, 5.41) is 5.65. The number of ether oxygens (including phenoxy) is 1. The van der Waals surface area contributed by atoms with Crippen LogP contribution in [-0.2, 0) is 0 Å². The third kappa shape index (κ3) is 15.2. The van der Waals surface area contributed by atoms with Gasteiger partial charge in [0.25, 0.3) is 0 Å². The minimum absolute atomic E-state index is 0.252. The van der Waals surface area contributed by atoms with Crippen LogP contribution in [0.1, 0.15) is 110 Å². The van der Waals surface area contributed by atoms with Gasteiger partial charge in [0.05, 0.1) is 6.61 Å². The Morgan fingerprint density at radius 3 is 1.49 bits per heavy atom. The van der Waals surface area contributed by atoms with Crippen molar-refractivity contribution in [2.24, 2.45) is 0 Å². The average molecular weight is 481 g/mol. The summed E-state index contributed by atoms with van der Waals surface area (Å²) in [4.78, 5) is 12.1. The largest absolute Gasteiger partial charge is 0.494 e. The van der Waals surface area contributed by atoms with Gasteiger partial charge < -0.3 is 15.4 Å². The summed E-state index contributed by atoms with van der Waals surface area (Å²) < 4.78 is 5.85. The third-order valence-electron chi connectivity index (χ3n) is 6.41. The SMILES string of the molecule is CCCCCCCCCCCCCCCCCCOc1ccc(NC(=O)Nc2ccccc2)cc1. The Labute approximate surface area is 214 Å². The van der Waals surface area contributed by atoms with Gasteiger partial charge in [-0.25, -0.2) is 4.79 Å². The predicted molar refractivity (Wildman–Crippen MR) is 151 cm³/mol. The van der Waals surface area contributed by atoms with Crippen molar-refractivity contribution in [3.05, 3.63) is 54.6 Å². The molecule has 2 N–H and O–H groups in total. The molecule has 4 heteroatoms. The summed E-state index contributed by atoms with van der Waals surface area (Å²) in [6.45, 7) is 3.03. The molecule has 35 heavy (non-hydrogen) atoms. The molecule has 2 amide bonds. The van der Waals surface area contributed by atoms with Crippen LogP contribution in [-0.4, -0.2) is 12.6 Å². The first-order valence-corrected chi connectivity index (χ1v) is 14.1. The highest BCUT2D eigenvalue weighted by atomic mass is 16.5. The molecular formula is C31H48N2O2. The molecule has 0 aliphatic rings. The van der Waals surface area contributed by atoms with Crippen LogP contribution in [0.3, 0.4) is 0 Å². The van der Waals surface area contributed by atoms with E-state index in [9.17, 15) is 4.79 Å². The van der Waals surface area contributed by atoms with Crippen molar-refractivity contribution in [3.63, 3.8) is 0 Å². The zero-order valence-corrected chi connectivity index (χ0v) is 22.0. The van der Waals surface area contributed by atoms with E-state index in [4.69, 9.17) is 4.74 Å². The van der Waals surface area contributed by atoms with Crippen LogP contribution < -0.4 is 15.4 Å². The molecule has 2 aromatic rings. The number of anilines is 2. The first-order chi connectivity index (χ1) is 17.3. The lowest BCUT2D eigenvalue weighted by Crippen LogP contribution is -2.19. The minimum atomic E-state index is -0.252. The maximum Gasteiger partial charge on any atom is 0.323 e. The van der Waals surface area contributed by atoms with E-state index in [0.29, 0.717) is 0 Å². The number of hydrogen-bond acceptors (Lipinski definition) is 2. The topological polar surface area (TPSA) is 50.4 Å². The standard InChI is InChI=1S/C31H48N2O2/c1-2-3-4-5-6-7-8-9-10-11-12-13-14-15-16-20-27-35-30-25-23-29(24-26-30)33-31(34)32-28-21-18-17-19-22-28/h17-19,21-26H,2-16,20,27H2,1H3,(H2,32,33,34). The molecule has 194 valence electrons. The van der Waals surface area contributed by atoms with Gasteiger partial charge in [-0.15, -0.1) is 0 Å². The van der Waals surface area contributed by atoms with Gasteiger partial charge in [-0.1, -0.05) is 121 Å². The lowest BCUT2D eigenvalue weighted by Gasteiger charge is -2.09. The van der Waals surface area contributed by atoms with E-state index >= 15 is 0 Å². The highest BCUT2D eigenvalue weighted by Gasteiger charge is 2.03. The quantitative estimate of drug-likeness (QED) is 0.185. The molecule has 0 saturated carbocycles. The maximum atomic E-state index is 12.1. The number of unbranched alkanes of at least 4 members (excludes halogenated alkanes) is 15. The molecule has 0 bridgehead atoms. The first kappa shape index (κ1) is 28.7. The normalized spacial score (nSPS) is 10.8. The van der Waals surface area contributed by atoms with E-state index in [1.54, 1.807) is 0 Å². The number of carbonyl (C=O) groups is 1. The molecule has 0 fully saturated rings. The molecule has 0 aliphatic heterocycles. The fraction of sp³-hybridized carbons (Fsp3) is 0.581. The summed E-state index contributed by atoms with van der Waals surface area (Å²) in [6, 6.07) is 16.7. The van der Waals surface area contributed by atoms with Crippen molar-refractivity contribution in [2.45, 2.75) is 110 Å². The zero-order chi connectivity index (χ0) is 24.8. The summed E-state index contributed by atoms with van der Waals surface area (Å²) in [7, 11) is 0. The van der Waals surface area contributed by atoms with E-state index < -0.39 is 0 Å². The Kier molecular flexibility index (Phi) is 16.2. The van der Waals surface area contributed by atoms with Crippen LogP contribution in [0.25, 0.3) is 0 Å². The number of hydrogen-bond donors (Lipinski definition) is 2. The van der Waals surface area contributed by atoms with Crippen LogP contribution in [0.4, 0.5) is 16.2 Å². The summed E-state index contributed by atoms with van der Waals surface area (Å²) >= 11 is 0. The second-order valence-corrected chi connectivity index (χ2v) is 9.62. The monoisotopic (exact) mass is 480 g/mol. The van der Waals surface area contributed by atoms with Crippen LogP contribution in [0, 0.1) is 0 Å². The molecule has 0 atom stereocenters. The van der Waals surface area contributed by atoms with Gasteiger partial charge in [-0.05, 0) is 42.8 Å². The molecule has 0 aliphatic carbocycles. The van der Waals surface area contributed by atoms with Crippen LogP contribution in [0.5, 0.6) is 5.75 Å². The smallest absolute Gasteiger partial charge is 0.323 e. The van der Waals surface area contributed by atoms with Gasteiger partial charge in [-0.2, -0.15) is 0 Å². The Balaban J connectivity index is 1.38. The Hall–Kier alpha value is -2.49. The van der Waals surface area contributed by atoms with Crippen molar-refractivity contribution in [2.75, 3.05) is 17.2 Å². The van der Waals surface area contributed by atoms with Gasteiger partial charge in [0.1, 0.15) is 5.75 Å². The second kappa shape index (κ2) is 19.8. The van der Waals surface area contributed by atoms with Gasteiger partial charge in [0.2, 0.25) is 0 Å². The van der Waals surface area contributed by atoms with E-state index in [2.05, 4.69) is 17.6 Å². The second-order valence-electron chi connectivity index (χ2n) is 9.62. The number of nitrogens with one attached hydrogen (secondary N) is 2. The van der Waals surface area contributed by atoms with Gasteiger partial charge >= 0.3 is 6.03 Å². The molecule has 2 rings (SSSR count). The van der Waals surface area contributed by atoms with E-state index in [-0.39, 0.29) is 6.03 Å². The molecule has 0 radical (unpaired) electrons. The summed E-state index contributed by atoms with van der Waals surface area (Å²) in [6.07, 6.45) is 22.0. The predicted octanol–water partition coefficient (Wildman–Crippen LogP) is 9.97. The lowest BCUT2D eigenvalue weighted by molar-refractivity contribution is 0.262. The number of benzene rings is 2. The average Bonchev–Trinajstić information content (AvgIpc) is 2.87. The fourth-order valence-electron chi connectivity index (χ4n) is 4.29. The van der Waals surface area contributed by atoms with Crippen LogP contribution in [0.15, 0.2) is 54.6 Å². The first-order valence-electron chi connectivity index (χ1n) is 14.1. The number of amides is 2. The maximum absolute atomic E-state index is 12.1. The highest BCUT2D eigenvalue weighted by Crippen LogP contribution is 2.17. The fourth-order valence-corrected chi connectivity index (χ4v) is 4.29. The molecule has 0 heterocycles. The Morgan fingerprint density at radius 2 is 1.00 bits per heavy atom. The van der Waals surface area contributed by atoms with Gasteiger partial charge in [0.15, 0.2) is 0 Å². The van der Waals surface area contributed by atoms with Crippen molar-refractivity contribution < 1.29 is 9.53 Å². The third-order valence-corrected chi connectivity index (χ3v) is 6.41. The summed E-state index contributed by atoms with van der Waals surface area (Å²) in [5.74, 6) is 0.847. The Bertz CT molecular complexity index is 761. The minimum Gasteiger partial charge on any atom is -0.494 e. The Morgan fingerprint density at radius 1 is 0.571 bits per heavy atom.